The standard InChI is InChI=1S/C8H7BrClNO2/c1-13-8(12)6-5(11)3-2-4(9)7(6)10/h2-3H,11H2,1H3. The second-order valence-electron chi connectivity index (χ2n) is 2.32. The van der Waals surface area contributed by atoms with Crippen molar-refractivity contribution in [2.75, 3.05) is 12.8 Å². The lowest BCUT2D eigenvalue weighted by atomic mass is 10.2. The van der Waals surface area contributed by atoms with Crippen LogP contribution in [0.5, 0.6) is 0 Å². The Kier molecular flexibility index (Phi) is 3.17. The zero-order chi connectivity index (χ0) is 10.0. The quantitative estimate of drug-likeness (QED) is 0.626. The van der Waals surface area contributed by atoms with Crippen LogP contribution in [0.15, 0.2) is 16.6 Å². The number of nitrogen functional groups attached to an aromatic ring is 1. The van der Waals surface area contributed by atoms with Gasteiger partial charge in [-0.3, -0.25) is 0 Å². The fourth-order valence-electron chi connectivity index (χ4n) is 0.875. The van der Waals surface area contributed by atoms with Crippen LogP contribution in [0.1, 0.15) is 10.4 Å². The van der Waals surface area contributed by atoms with Crippen molar-refractivity contribution in [1.29, 1.82) is 0 Å². The Balaban J connectivity index is 3.33. The van der Waals surface area contributed by atoms with Crippen molar-refractivity contribution in [3.8, 4) is 0 Å². The first kappa shape index (κ1) is 10.3. The topological polar surface area (TPSA) is 52.3 Å². The number of ether oxygens (including phenoxy) is 1. The molecule has 0 heterocycles. The summed E-state index contributed by atoms with van der Waals surface area (Å²) in [4.78, 5) is 11.2. The first-order valence-electron chi connectivity index (χ1n) is 3.39. The van der Waals surface area contributed by atoms with Gasteiger partial charge in [0.15, 0.2) is 0 Å². The third-order valence-corrected chi connectivity index (χ3v) is 2.80. The lowest BCUT2D eigenvalue weighted by Crippen LogP contribution is -2.06. The summed E-state index contributed by atoms with van der Waals surface area (Å²) in [6.45, 7) is 0. The summed E-state index contributed by atoms with van der Waals surface area (Å²) in [5.41, 5.74) is 6.06. The van der Waals surface area contributed by atoms with Crippen LogP contribution in [-0.2, 0) is 4.74 Å². The fraction of sp³-hybridized carbons (Fsp3) is 0.125. The summed E-state index contributed by atoms with van der Waals surface area (Å²) in [6.07, 6.45) is 0. The van der Waals surface area contributed by atoms with Gasteiger partial charge in [-0.25, -0.2) is 4.79 Å². The number of carbonyl (C=O) groups is 1. The molecule has 13 heavy (non-hydrogen) atoms. The molecule has 5 heteroatoms. The second-order valence-corrected chi connectivity index (χ2v) is 3.55. The lowest BCUT2D eigenvalue weighted by Gasteiger charge is -2.06. The Bertz CT molecular complexity index is 354. The van der Waals surface area contributed by atoms with Crippen molar-refractivity contribution in [2.24, 2.45) is 0 Å². The van der Waals surface area contributed by atoms with Gasteiger partial charge >= 0.3 is 5.97 Å². The van der Waals surface area contributed by atoms with E-state index >= 15 is 0 Å². The summed E-state index contributed by atoms with van der Waals surface area (Å²) in [6, 6.07) is 3.26. The van der Waals surface area contributed by atoms with Crippen LogP contribution < -0.4 is 5.73 Å². The van der Waals surface area contributed by atoms with E-state index in [0.29, 0.717) is 10.2 Å². The summed E-state index contributed by atoms with van der Waals surface area (Å²) in [5.74, 6) is -0.538. The maximum absolute atomic E-state index is 11.2. The lowest BCUT2D eigenvalue weighted by molar-refractivity contribution is 0.0602. The van der Waals surface area contributed by atoms with E-state index in [9.17, 15) is 4.79 Å². The molecular formula is C8H7BrClNO2. The van der Waals surface area contributed by atoms with Crippen molar-refractivity contribution >= 4 is 39.2 Å². The molecule has 0 unspecified atom stereocenters. The molecular weight excluding hydrogens is 257 g/mol. The number of benzene rings is 1. The molecule has 70 valence electrons. The summed E-state index contributed by atoms with van der Waals surface area (Å²) in [7, 11) is 1.28. The number of carbonyl (C=O) groups excluding carboxylic acids is 1. The Morgan fingerprint density at radius 3 is 2.77 bits per heavy atom. The van der Waals surface area contributed by atoms with Gasteiger partial charge in [0.1, 0.15) is 5.56 Å². The minimum atomic E-state index is -0.538. The number of halogens is 2. The van der Waals surface area contributed by atoms with E-state index < -0.39 is 5.97 Å². The molecule has 3 nitrogen and oxygen atoms in total. The van der Waals surface area contributed by atoms with Crippen molar-refractivity contribution in [3.05, 3.63) is 27.2 Å². The molecule has 0 saturated carbocycles. The third-order valence-electron chi connectivity index (χ3n) is 1.52. The largest absolute Gasteiger partial charge is 0.465 e. The molecule has 0 bridgehead atoms. The van der Waals surface area contributed by atoms with Crippen LogP contribution in [0.2, 0.25) is 5.02 Å². The molecule has 1 aromatic rings. The van der Waals surface area contributed by atoms with E-state index in [1.165, 1.54) is 7.11 Å². The molecule has 0 aliphatic carbocycles. The minimum Gasteiger partial charge on any atom is -0.465 e. The van der Waals surface area contributed by atoms with E-state index in [4.69, 9.17) is 17.3 Å². The van der Waals surface area contributed by atoms with Gasteiger partial charge in [-0.05, 0) is 28.1 Å². The van der Waals surface area contributed by atoms with Crippen molar-refractivity contribution in [2.45, 2.75) is 0 Å². The van der Waals surface area contributed by atoms with Gasteiger partial charge in [0.05, 0.1) is 12.1 Å². The van der Waals surface area contributed by atoms with Crippen LogP contribution in [-0.4, -0.2) is 13.1 Å². The molecule has 0 spiro atoms. The Morgan fingerprint density at radius 1 is 1.62 bits per heavy atom. The van der Waals surface area contributed by atoms with Crippen molar-refractivity contribution in [1.82, 2.24) is 0 Å². The minimum absolute atomic E-state index is 0.193. The predicted molar refractivity (Wildman–Crippen MR) is 54.9 cm³/mol. The average Bonchev–Trinajstić information content (AvgIpc) is 2.12. The SMILES string of the molecule is COC(=O)c1c(N)ccc(Br)c1Cl. The van der Waals surface area contributed by atoms with E-state index in [0.717, 1.165) is 0 Å². The van der Waals surface area contributed by atoms with Crippen LogP contribution in [0.25, 0.3) is 0 Å². The zero-order valence-corrected chi connectivity index (χ0v) is 9.15. The van der Waals surface area contributed by atoms with Crippen LogP contribution in [0.4, 0.5) is 5.69 Å². The van der Waals surface area contributed by atoms with E-state index in [-0.39, 0.29) is 10.6 Å². The number of methoxy groups -OCH3 is 1. The highest BCUT2D eigenvalue weighted by molar-refractivity contribution is 9.10. The van der Waals surface area contributed by atoms with E-state index in [2.05, 4.69) is 20.7 Å². The summed E-state index contributed by atoms with van der Waals surface area (Å²) >= 11 is 9.03. The first-order valence-corrected chi connectivity index (χ1v) is 4.56. The monoisotopic (exact) mass is 263 g/mol. The number of rotatable bonds is 1. The highest BCUT2D eigenvalue weighted by Crippen LogP contribution is 2.30. The third kappa shape index (κ3) is 1.95. The maximum Gasteiger partial charge on any atom is 0.341 e. The van der Waals surface area contributed by atoms with Gasteiger partial charge in [0, 0.05) is 10.2 Å². The predicted octanol–water partition coefficient (Wildman–Crippen LogP) is 2.47. The highest BCUT2D eigenvalue weighted by atomic mass is 79.9. The normalized spacial score (nSPS) is 9.77. The maximum atomic E-state index is 11.2. The number of nitrogens with two attached hydrogens (primary N) is 1. The molecule has 0 aromatic heterocycles. The Hall–Kier alpha value is -0.740. The molecule has 0 fully saturated rings. The number of esters is 1. The number of hydrogen-bond donors (Lipinski definition) is 1. The fourth-order valence-corrected chi connectivity index (χ4v) is 1.45. The van der Waals surface area contributed by atoms with Crippen LogP contribution in [0.3, 0.4) is 0 Å². The average molecular weight is 265 g/mol. The molecule has 0 aliphatic rings. The van der Waals surface area contributed by atoms with E-state index in [1.807, 2.05) is 0 Å². The van der Waals surface area contributed by atoms with Gasteiger partial charge in [-0.15, -0.1) is 0 Å². The molecule has 1 rings (SSSR count). The van der Waals surface area contributed by atoms with Gasteiger partial charge in [-0.2, -0.15) is 0 Å². The summed E-state index contributed by atoms with van der Waals surface area (Å²) < 4.78 is 5.14. The number of hydrogen-bond acceptors (Lipinski definition) is 3. The molecule has 1 aromatic carbocycles. The molecule has 2 N–H and O–H groups in total. The second kappa shape index (κ2) is 3.98. The van der Waals surface area contributed by atoms with Gasteiger partial charge in [-0.1, -0.05) is 11.6 Å². The number of anilines is 1. The molecule has 0 radical (unpaired) electrons. The first-order chi connectivity index (χ1) is 6.07. The van der Waals surface area contributed by atoms with Gasteiger partial charge in [0.2, 0.25) is 0 Å². The highest BCUT2D eigenvalue weighted by Gasteiger charge is 2.16. The van der Waals surface area contributed by atoms with Crippen molar-refractivity contribution < 1.29 is 9.53 Å². The van der Waals surface area contributed by atoms with Crippen LogP contribution >= 0.6 is 27.5 Å². The Morgan fingerprint density at radius 2 is 2.23 bits per heavy atom. The van der Waals surface area contributed by atoms with Crippen LogP contribution in [0, 0.1) is 0 Å². The van der Waals surface area contributed by atoms with Gasteiger partial charge in [0.25, 0.3) is 0 Å². The molecule has 0 saturated heterocycles. The van der Waals surface area contributed by atoms with E-state index in [1.54, 1.807) is 12.1 Å². The van der Waals surface area contributed by atoms with Crippen molar-refractivity contribution in [3.63, 3.8) is 0 Å². The molecule has 0 aliphatic heterocycles. The smallest absolute Gasteiger partial charge is 0.341 e. The zero-order valence-electron chi connectivity index (χ0n) is 6.80. The Labute approximate surface area is 88.9 Å². The van der Waals surface area contributed by atoms with Gasteiger partial charge < -0.3 is 10.5 Å². The molecule has 0 amide bonds. The molecule has 0 atom stereocenters. The summed E-state index contributed by atoms with van der Waals surface area (Å²) in [5, 5.41) is 0.270.